The van der Waals surface area contributed by atoms with Crippen molar-refractivity contribution in [2.75, 3.05) is 0 Å². The van der Waals surface area contributed by atoms with Gasteiger partial charge < -0.3 is 0 Å². The standard InChI is InChI=1S/C22H18F3OP/c1-17(21(26)22(23,24)25)27(18-11-5-2-6-12-18,19-13-7-3-8-14-19)20-15-9-4-10-16-20/h2-16H,1H3. The van der Waals surface area contributed by atoms with Crippen LogP contribution in [0.5, 0.6) is 0 Å². The molecule has 0 unspecified atom stereocenters. The lowest BCUT2D eigenvalue weighted by molar-refractivity contribution is -0.162. The highest BCUT2D eigenvalue weighted by molar-refractivity contribution is 7.96. The van der Waals surface area contributed by atoms with E-state index in [0.717, 1.165) is 15.9 Å². The monoisotopic (exact) mass is 386 g/mol. The number of alkyl halides is 3. The molecule has 0 aliphatic heterocycles. The summed E-state index contributed by atoms with van der Waals surface area (Å²) in [4.78, 5) is 12.4. The Morgan fingerprint density at radius 2 is 0.963 bits per heavy atom. The third-order valence-corrected chi connectivity index (χ3v) is 8.95. The number of hydrogen-bond donors (Lipinski definition) is 0. The maximum atomic E-state index is 13.4. The van der Waals surface area contributed by atoms with Gasteiger partial charge in [-0.25, -0.2) is 0 Å². The van der Waals surface area contributed by atoms with Crippen molar-refractivity contribution in [2.24, 2.45) is 0 Å². The van der Waals surface area contributed by atoms with Gasteiger partial charge in [-0.3, -0.25) is 4.79 Å². The first-order chi connectivity index (χ1) is 12.9. The predicted octanol–water partition coefficient (Wildman–Crippen LogP) is 4.30. The fourth-order valence-electron chi connectivity index (χ4n) is 3.34. The zero-order valence-corrected chi connectivity index (χ0v) is 15.5. The largest absolute Gasteiger partial charge is 0.454 e. The van der Waals surface area contributed by atoms with Crippen molar-refractivity contribution in [3.05, 3.63) is 91.0 Å². The predicted molar refractivity (Wildman–Crippen MR) is 107 cm³/mol. The van der Waals surface area contributed by atoms with E-state index >= 15 is 0 Å². The van der Waals surface area contributed by atoms with Gasteiger partial charge in [0, 0.05) is 5.29 Å². The van der Waals surface area contributed by atoms with Crippen LogP contribution in [-0.2, 0) is 4.79 Å². The Kier molecular flexibility index (Phi) is 5.38. The minimum Gasteiger partial charge on any atom is -0.284 e. The van der Waals surface area contributed by atoms with Crippen LogP contribution in [0, 0.1) is 0 Å². The van der Waals surface area contributed by atoms with Crippen LogP contribution in [-0.4, -0.2) is 17.3 Å². The summed E-state index contributed by atoms with van der Waals surface area (Å²) < 4.78 is 40.3. The van der Waals surface area contributed by atoms with Crippen LogP contribution in [0.2, 0.25) is 0 Å². The van der Waals surface area contributed by atoms with Gasteiger partial charge in [-0.2, -0.15) is 13.2 Å². The fraction of sp³-hybridized carbons (Fsp3) is 0.0909. The second-order valence-electron chi connectivity index (χ2n) is 6.09. The molecular formula is C22H18F3OP. The van der Waals surface area contributed by atoms with Crippen LogP contribution in [0.25, 0.3) is 0 Å². The Labute approximate surface area is 156 Å². The van der Waals surface area contributed by atoms with E-state index in [4.69, 9.17) is 0 Å². The summed E-state index contributed by atoms with van der Waals surface area (Å²) in [6.45, 7) is -1.62. The molecule has 27 heavy (non-hydrogen) atoms. The van der Waals surface area contributed by atoms with Crippen molar-refractivity contribution in [2.45, 2.75) is 13.1 Å². The summed E-state index contributed by atoms with van der Waals surface area (Å²) in [6, 6.07) is 27.0. The third kappa shape index (κ3) is 3.50. The van der Waals surface area contributed by atoms with Crippen molar-refractivity contribution in [1.82, 2.24) is 0 Å². The molecule has 0 spiro atoms. The van der Waals surface area contributed by atoms with Gasteiger partial charge in [0.1, 0.15) is 0 Å². The third-order valence-electron chi connectivity index (χ3n) is 4.52. The molecule has 5 heteroatoms. The van der Waals surface area contributed by atoms with Crippen molar-refractivity contribution in [3.63, 3.8) is 0 Å². The summed E-state index contributed by atoms with van der Waals surface area (Å²) >= 11 is 0. The van der Waals surface area contributed by atoms with Crippen LogP contribution < -0.4 is 15.9 Å². The number of hydrogen-bond acceptors (Lipinski definition) is 1. The molecule has 0 radical (unpaired) electrons. The first-order valence-electron chi connectivity index (χ1n) is 8.40. The second kappa shape index (κ2) is 7.58. The van der Waals surface area contributed by atoms with Gasteiger partial charge in [0.2, 0.25) is 0 Å². The molecule has 1 nitrogen and oxygen atoms in total. The van der Waals surface area contributed by atoms with Crippen LogP contribution in [0.3, 0.4) is 0 Å². The van der Waals surface area contributed by atoms with E-state index in [1.165, 1.54) is 6.92 Å². The fourth-order valence-corrected chi connectivity index (χ4v) is 7.69. The van der Waals surface area contributed by atoms with Crippen molar-refractivity contribution in [3.8, 4) is 0 Å². The maximum Gasteiger partial charge on any atom is 0.454 e. The van der Waals surface area contributed by atoms with Crippen molar-refractivity contribution in [1.29, 1.82) is 0 Å². The van der Waals surface area contributed by atoms with Gasteiger partial charge in [-0.1, -0.05) is 91.0 Å². The van der Waals surface area contributed by atoms with E-state index in [1.54, 1.807) is 72.8 Å². The summed E-state index contributed by atoms with van der Waals surface area (Å²) in [5.74, 6) is -1.77. The lowest BCUT2D eigenvalue weighted by Gasteiger charge is -2.31. The van der Waals surface area contributed by atoms with Gasteiger partial charge in [0.05, 0.1) is 0 Å². The SMILES string of the molecule is CC(C(=O)C(F)(F)F)=P(c1ccccc1)(c1ccccc1)c1ccccc1. The van der Waals surface area contributed by atoms with Crippen LogP contribution in [0.15, 0.2) is 91.0 Å². The molecule has 0 fully saturated rings. The Balaban J connectivity index is 2.54. The highest BCUT2D eigenvalue weighted by Gasteiger charge is 2.43. The van der Waals surface area contributed by atoms with Crippen LogP contribution >= 0.6 is 6.89 Å². The Hall–Kier alpha value is -2.58. The summed E-state index contributed by atoms with van der Waals surface area (Å²) in [6.07, 6.45) is -4.92. The summed E-state index contributed by atoms with van der Waals surface area (Å²) in [7, 11) is 0. The molecule has 138 valence electrons. The second-order valence-corrected chi connectivity index (χ2v) is 9.65. The minimum atomic E-state index is -4.92. The highest BCUT2D eigenvalue weighted by Crippen LogP contribution is 2.47. The summed E-state index contributed by atoms with van der Waals surface area (Å²) in [5, 5.41) is 1.99. The Morgan fingerprint density at radius 1 is 0.667 bits per heavy atom. The summed E-state index contributed by atoms with van der Waals surface area (Å²) in [5.41, 5.74) is 0. The molecule has 0 aliphatic rings. The normalized spacial score (nSPS) is 11.9. The lowest BCUT2D eigenvalue weighted by Crippen LogP contribution is -2.37. The molecule has 3 rings (SSSR count). The average molecular weight is 386 g/mol. The quantitative estimate of drug-likeness (QED) is 0.611. The van der Waals surface area contributed by atoms with E-state index < -0.39 is 18.8 Å². The van der Waals surface area contributed by atoms with Gasteiger partial charge in [-0.15, -0.1) is 0 Å². The zero-order chi connectivity index (χ0) is 19.5. The first-order valence-corrected chi connectivity index (χ1v) is 10.2. The number of halogens is 3. The molecule has 3 aromatic rings. The minimum absolute atomic E-state index is 0.168. The number of benzene rings is 3. The highest BCUT2D eigenvalue weighted by atomic mass is 31.2. The molecule has 0 saturated carbocycles. The molecule has 0 bridgehead atoms. The molecule has 0 N–H and O–H groups in total. The number of carbonyl (C=O) groups excluding carboxylic acids is 1. The van der Waals surface area contributed by atoms with Gasteiger partial charge in [0.25, 0.3) is 5.78 Å². The Morgan fingerprint density at radius 3 is 1.22 bits per heavy atom. The van der Waals surface area contributed by atoms with Crippen LogP contribution in [0.1, 0.15) is 6.92 Å². The number of Topliss-reactive ketones (excluding diaryl/α,β-unsaturated/α-hetero) is 1. The molecule has 0 aliphatic carbocycles. The molecule has 0 saturated heterocycles. The molecule has 0 atom stereocenters. The first kappa shape index (κ1) is 19.2. The zero-order valence-electron chi connectivity index (χ0n) is 14.6. The Bertz CT molecular complexity index is 875. The van der Waals surface area contributed by atoms with E-state index in [-0.39, 0.29) is 5.29 Å². The van der Waals surface area contributed by atoms with E-state index in [1.807, 2.05) is 18.2 Å². The van der Waals surface area contributed by atoms with Gasteiger partial charge in [-0.05, 0) is 29.7 Å². The van der Waals surface area contributed by atoms with Gasteiger partial charge >= 0.3 is 6.18 Å². The maximum absolute atomic E-state index is 13.4. The molecule has 0 heterocycles. The number of ketones is 1. The van der Waals surface area contributed by atoms with E-state index in [9.17, 15) is 18.0 Å². The number of rotatable bonds is 4. The topological polar surface area (TPSA) is 17.1 Å². The molecule has 0 amide bonds. The molecule has 3 aromatic carbocycles. The number of carbonyl (C=O) groups is 1. The van der Waals surface area contributed by atoms with Gasteiger partial charge in [0.15, 0.2) is 0 Å². The smallest absolute Gasteiger partial charge is 0.284 e. The molecular weight excluding hydrogens is 368 g/mol. The van der Waals surface area contributed by atoms with Crippen molar-refractivity contribution >= 4 is 33.9 Å². The lowest BCUT2D eigenvalue weighted by atomic mass is 10.3. The average Bonchev–Trinajstić information content (AvgIpc) is 2.70. The molecule has 0 aromatic heterocycles. The van der Waals surface area contributed by atoms with Crippen molar-refractivity contribution < 1.29 is 18.0 Å². The van der Waals surface area contributed by atoms with E-state index in [0.29, 0.717) is 0 Å². The van der Waals surface area contributed by atoms with Crippen LogP contribution in [0.4, 0.5) is 13.2 Å². The van der Waals surface area contributed by atoms with E-state index in [2.05, 4.69) is 0 Å².